The molecule has 0 aliphatic carbocycles. The zero-order valence-corrected chi connectivity index (χ0v) is 12.7. The Kier molecular flexibility index (Phi) is 3.40. The third-order valence-electron chi connectivity index (χ3n) is 3.50. The maximum absolute atomic E-state index is 4.23. The summed E-state index contributed by atoms with van der Waals surface area (Å²) < 4.78 is 0. The van der Waals surface area contributed by atoms with Gasteiger partial charge in [-0.2, -0.15) is 5.10 Å². The standard InChI is InChI=1S/C16H23N3/c1-10-7-12(16(3,4)5)8-11(2)15(10)13-9-14(17-6)19-18-13/h7-9H,1-6H3,(H2,17,18,19). The Hall–Kier alpha value is -1.77. The summed E-state index contributed by atoms with van der Waals surface area (Å²) in [6.07, 6.45) is 0. The van der Waals surface area contributed by atoms with Crippen molar-refractivity contribution in [2.24, 2.45) is 0 Å². The number of hydrogen-bond donors (Lipinski definition) is 2. The average molecular weight is 257 g/mol. The number of aromatic amines is 1. The second kappa shape index (κ2) is 4.72. The Bertz CT molecular complexity index is 565. The first-order valence-corrected chi connectivity index (χ1v) is 6.68. The molecule has 2 N–H and O–H groups in total. The molecular weight excluding hydrogens is 234 g/mol. The van der Waals surface area contributed by atoms with E-state index in [0.717, 1.165) is 11.5 Å². The molecule has 0 spiro atoms. The number of H-pyrrole nitrogens is 1. The van der Waals surface area contributed by atoms with Gasteiger partial charge >= 0.3 is 0 Å². The van der Waals surface area contributed by atoms with Gasteiger partial charge in [0, 0.05) is 18.7 Å². The summed E-state index contributed by atoms with van der Waals surface area (Å²) in [5, 5.41) is 10.4. The van der Waals surface area contributed by atoms with Gasteiger partial charge in [0.15, 0.2) is 0 Å². The van der Waals surface area contributed by atoms with Gasteiger partial charge in [-0.1, -0.05) is 32.9 Å². The molecule has 0 aliphatic rings. The lowest BCUT2D eigenvalue weighted by atomic mass is 9.83. The van der Waals surface area contributed by atoms with Crippen molar-refractivity contribution in [3.63, 3.8) is 0 Å². The number of rotatable bonds is 2. The highest BCUT2D eigenvalue weighted by atomic mass is 15.2. The van der Waals surface area contributed by atoms with Crippen molar-refractivity contribution in [3.05, 3.63) is 34.9 Å². The fourth-order valence-electron chi connectivity index (χ4n) is 2.40. The van der Waals surface area contributed by atoms with E-state index in [9.17, 15) is 0 Å². The van der Waals surface area contributed by atoms with Crippen LogP contribution in [0.5, 0.6) is 0 Å². The molecule has 1 aromatic carbocycles. The van der Waals surface area contributed by atoms with Crippen LogP contribution >= 0.6 is 0 Å². The largest absolute Gasteiger partial charge is 0.372 e. The van der Waals surface area contributed by atoms with Crippen LogP contribution in [0.3, 0.4) is 0 Å². The minimum Gasteiger partial charge on any atom is -0.372 e. The van der Waals surface area contributed by atoms with Crippen molar-refractivity contribution in [1.29, 1.82) is 0 Å². The number of aromatic nitrogens is 2. The molecule has 0 unspecified atom stereocenters. The van der Waals surface area contributed by atoms with E-state index in [0.29, 0.717) is 0 Å². The van der Waals surface area contributed by atoms with Gasteiger partial charge in [0.2, 0.25) is 0 Å². The number of nitrogens with zero attached hydrogens (tertiary/aromatic N) is 1. The second-order valence-electron chi connectivity index (χ2n) is 6.15. The highest BCUT2D eigenvalue weighted by Crippen LogP contribution is 2.32. The Morgan fingerprint density at radius 1 is 1.05 bits per heavy atom. The van der Waals surface area contributed by atoms with Crippen LogP contribution in [0.2, 0.25) is 0 Å². The fourth-order valence-corrected chi connectivity index (χ4v) is 2.40. The van der Waals surface area contributed by atoms with Crippen molar-refractivity contribution in [1.82, 2.24) is 10.2 Å². The van der Waals surface area contributed by atoms with Crippen LogP contribution in [0.4, 0.5) is 5.82 Å². The summed E-state index contributed by atoms with van der Waals surface area (Å²) in [4.78, 5) is 0. The van der Waals surface area contributed by atoms with Gasteiger partial charge in [-0.15, -0.1) is 0 Å². The first-order chi connectivity index (χ1) is 8.82. The summed E-state index contributed by atoms with van der Waals surface area (Å²) in [7, 11) is 1.88. The van der Waals surface area contributed by atoms with Crippen LogP contribution in [0, 0.1) is 13.8 Å². The number of aryl methyl sites for hydroxylation is 2. The predicted octanol–water partition coefficient (Wildman–Crippen LogP) is 4.03. The maximum atomic E-state index is 4.23. The Morgan fingerprint density at radius 2 is 1.63 bits per heavy atom. The zero-order chi connectivity index (χ0) is 14.2. The van der Waals surface area contributed by atoms with Crippen molar-refractivity contribution in [2.45, 2.75) is 40.0 Å². The molecule has 2 aromatic rings. The van der Waals surface area contributed by atoms with Gasteiger partial charge in [0.05, 0.1) is 5.69 Å². The lowest BCUT2D eigenvalue weighted by Crippen LogP contribution is -2.12. The molecule has 0 atom stereocenters. The molecule has 0 aliphatic heterocycles. The van der Waals surface area contributed by atoms with E-state index in [-0.39, 0.29) is 5.41 Å². The molecule has 0 radical (unpaired) electrons. The van der Waals surface area contributed by atoms with Gasteiger partial charge in [0.1, 0.15) is 5.82 Å². The van der Waals surface area contributed by atoms with Gasteiger partial charge in [-0.05, 0) is 36.0 Å². The predicted molar refractivity (Wildman–Crippen MR) is 81.7 cm³/mol. The van der Waals surface area contributed by atoms with E-state index < -0.39 is 0 Å². The van der Waals surface area contributed by atoms with E-state index in [1.807, 2.05) is 13.1 Å². The molecule has 0 amide bonds. The van der Waals surface area contributed by atoms with Crippen LogP contribution in [0.15, 0.2) is 18.2 Å². The summed E-state index contributed by atoms with van der Waals surface area (Å²) >= 11 is 0. The number of nitrogens with one attached hydrogen (secondary N) is 2. The van der Waals surface area contributed by atoms with E-state index in [1.165, 1.54) is 22.3 Å². The van der Waals surface area contributed by atoms with E-state index >= 15 is 0 Å². The number of hydrogen-bond acceptors (Lipinski definition) is 2. The smallest absolute Gasteiger partial charge is 0.148 e. The molecule has 102 valence electrons. The second-order valence-corrected chi connectivity index (χ2v) is 6.15. The Morgan fingerprint density at radius 3 is 2.05 bits per heavy atom. The van der Waals surface area contributed by atoms with Crippen molar-refractivity contribution in [2.75, 3.05) is 12.4 Å². The number of benzene rings is 1. The van der Waals surface area contributed by atoms with Crippen LogP contribution in [-0.2, 0) is 5.41 Å². The fraction of sp³-hybridized carbons (Fsp3) is 0.438. The lowest BCUT2D eigenvalue weighted by Gasteiger charge is -2.22. The van der Waals surface area contributed by atoms with Gasteiger partial charge in [-0.3, -0.25) is 5.10 Å². The normalized spacial score (nSPS) is 11.7. The Labute approximate surface area is 115 Å². The minimum atomic E-state index is 0.179. The monoisotopic (exact) mass is 257 g/mol. The van der Waals surface area contributed by atoms with Crippen LogP contribution in [0.25, 0.3) is 11.3 Å². The molecular formula is C16H23N3. The molecule has 3 heteroatoms. The summed E-state index contributed by atoms with van der Waals surface area (Å²) in [5.74, 6) is 0.869. The van der Waals surface area contributed by atoms with Crippen LogP contribution in [-0.4, -0.2) is 17.2 Å². The average Bonchev–Trinajstić information content (AvgIpc) is 2.75. The molecule has 0 saturated carbocycles. The number of anilines is 1. The maximum Gasteiger partial charge on any atom is 0.148 e. The van der Waals surface area contributed by atoms with Crippen LogP contribution < -0.4 is 5.32 Å². The Balaban J connectivity index is 2.53. The van der Waals surface area contributed by atoms with Crippen molar-refractivity contribution in [3.8, 4) is 11.3 Å². The molecule has 1 heterocycles. The molecule has 0 fully saturated rings. The molecule has 1 aromatic heterocycles. The van der Waals surface area contributed by atoms with Gasteiger partial charge in [0.25, 0.3) is 0 Å². The highest BCUT2D eigenvalue weighted by molar-refractivity contribution is 5.70. The first-order valence-electron chi connectivity index (χ1n) is 6.68. The molecule has 3 nitrogen and oxygen atoms in total. The third kappa shape index (κ3) is 2.65. The van der Waals surface area contributed by atoms with E-state index in [2.05, 4.69) is 62.3 Å². The third-order valence-corrected chi connectivity index (χ3v) is 3.50. The molecule has 0 bridgehead atoms. The summed E-state index contributed by atoms with van der Waals surface area (Å²) in [5.41, 5.74) is 6.45. The van der Waals surface area contributed by atoms with E-state index in [1.54, 1.807) is 0 Å². The SMILES string of the molecule is CNc1cc(-c2c(C)cc(C(C)(C)C)cc2C)[nH]n1. The van der Waals surface area contributed by atoms with E-state index in [4.69, 9.17) is 0 Å². The summed E-state index contributed by atoms with van der Waals surface area (Å²) in [6, 6.07) is 6.61. The van der Waals surface area contributed by atoms with Crippen LogP contribution in [0.1, 0.15) is 37.5 Å². The first kappa shape index (κ1) is 13.7. The lowest BCUT2D eigenvalue weighted by molar-refractivity contribution is 0.589. The molecule has 0 saturated heterocycles. The quantitative estimate of drug-likeness (QED) is 0.852. The van der Waals surface area contributed by atoms with Crippen molar-refractivity contribution < 1.29 is 0 Å². The van der Waals surface area contributed by atoms with Gasteiger partial charge < -0.3 is 5.32 Å². The van der Waals surface area contributed by atoms with Gasteiger partial charge in [-0.25, -0.2) is 0 Å². The minimum absolute atomic E-state index is 0.179. The zero-order valence-electron chi connectivity index (χ0n) is 12.7. The topological polar surface area (TPSA) is 40.7 Å². The summed E-state index contributed by atoms with van der Waals surface area (Å²) in [6.45, 7) is 11.1. The molecule has 19 heavy (non-hydrogen) atoms. The highest BCUT2D eigenvalue weighted by Gasteiger charge is 2.17. The molecule has 2 rings (SSSR count). The van der Waals surface area contributed by atoms with Crippen molar-refractivity contribution >= 4 is 5.82 Å².